The van der Waals surface area contributed by atoms with Crippen molar-refractivity contribution in [1.29, 1.82) is 0 Å². The number of aryl methyl sites for hydroxylation is 1. The van der Waals surface area contributed by atoms with Gasteiger partial charge in [0.05, 0.1) is 12.5 Å². The molecule has 33 heavy (non-hydrogen) atoms. The standard InChI is InChI=1S/C27H24O6/c1-3-18-9-14-23-22(15-18)25(29)27(26(33-23)20-10-12-21(30-2)13-11-20)32-17-24(28)31-16-19-7-5-4-6-8-19/h4-15H,3,16-17H2,1-2H3. The molecule has 4 aromatic rings. The molecule has 0 aliphatic rings. The lowest BCUT2D eigenvalue weighted by Crippen LogP contribution is -2.19. The Balaban J connectivity index is 1.65. The summed E-state index contributed by atoms with van der Waals surface area (Å²) in [6.45, 7) is 1.72. The van der Waals surface area contributed by atoms with E-state index in [1.54, 1.807) is 43.5 Å². The summed E-state index contributed by atoms with van der Waals surface area (Å²) in [4.78, 5) is 25.6. The molecule has 0 aliphatic carbocycles. The van der Waals surface area contributed by atoms with Crippen molar-refractivity contribution in [3.05, 3.63) is 94.1 Å². The van der Waals surface area contributed by atoms with Crippen molar-refractivity contribution in [2.45, 2.75) is 20.0 Å². The van der Waals surface area contributed by atoms with Crippen LogP contribution >= 0.6 is 0 Å². The molecule has 4 rings (SSSR count). The molecule has 0 fully saturated rings. The van der Waals surface area contributed by atoms with Crippen molar-refractivity contribution in [3.8, 4) is 22.8 Å². The number of rotatable bonds is 8. The second-order valence-electron chi connectivity index (χ2n) is 7.44. The number of hydrogen-bond donors (Lipinski definition) is 0. The number of methoxy groups -OCH3 is 1. The van der Waals surface area contributed by atoms with E-state index in [1.807, 2.05) is 43.3 Å². The van der Waals surface area contributed by atoms with Crippen molar-refractivity contribution in [3.63, 3.8) is 0 Å². The van der Waals surface area contributed by atoms with Crippen LogP contribution < -0.4 is 14.9 Å². The van der Waals surface area contributed by atoms with Gasteiger partial charge in [0.25, 0.3) is 0 Å². The first-order valence-corrected chi connectivity index (χ1v) is 10.7. The summed E-state index contributed by atoms with van der Waals surface area (Å²) in [5.41, 5.74) is 2.60. The quantitative estimate of drug-likeness (QED) is 0.350. The Kier molecular flexibility index (Phi) is 6.74. The summed E-state index contributed by atoms with van der Waals surface area (Å²) in [6.07, 6.45) is 0.775. The second kappa shape index (κ2) is 10.0. The van der Waals surface area contributed by atoms with Gasteiger partial charge in [0.2, 0.25) is 11.2 Å². The number of carbonyl (C=O) groups is 1. The Morgan fingerprint density at radius 3 is 2.39 bits per heavy atom. The van der Waals surface area contributed by atoms with E-state index in [-0.39, 0.29) is 23.5 Å². The van der Waals surface area contributed by atoms with E-state index in [1.165, 1.54) is 0 Å². The zero-order valence-corrected chi connectivity index (χ0v) is 18.5. The van der Waals surface area contributed by atoms with Crippen LogP contribution in [-0.2, 0) is 22.6 Å². The van der Waals surface area contributed by atoms with Crippen molar-refractivity contribution in [2.75, 3.05) is 13.7 Å². The molecule has 0 bridgehead atoms. The Bertz CT molecular complexity index is 1310. The van der Waals surface area contributed by atoms with E-state index in [9.17, 15) is 9.59 Å². The summed E-state index contributed by atoms with van der Waals surface area (Å²) in [7, 11) is 1.58. The van der Waals surface area contributed by atoms with E-state index in [0.29, 0.717) is 22.3 Å². The Hall–Kier alpha value is -4.06. The Morgan fingerprint density at radius 1 is 0.939 bits per heavy atom. The lowest BCUT2D eigenvalue weighted by Gasteiger charge is -2.12. The first kappa shape index (κ1) is 22.1. The van der Waals surface area contributed by atoms with Crippen LogP contribution in [0.5, 0.6) is 11.5 Å². The average molecular weight is 444 g/mol. The lowest BCUT2D eigenvalue weighted by molar-refractivity contribution is -0.147. The smallest absolute Gasteiger partial charge is 0.344 e. The summed E-state index contributed by atoms with van der Waals surface area (Å²) in [5, 5.41) is 0.402. The first-order chi connectivity index (χ1) is 16.1. The maximum atomic E-state index is 13.3. The molecule has 0 unspecified atom stereocenters. The van der Waals surface area contributed by atoms with Crippen LogP contribution in [-0.4, -0.2) is 19.7 Å². The summed E-state index contributed by atoms with van der Waals surface area (Å²) >= 11 is 0. The Morgan fingerprint density at radius 2 is 1.70 bits per heavy atom. The Labute approximate surface area is 191 Å². The molecule has 0 aliphatic heterocycles. The molecular weight excluding hydrogens is 420 g/mol. The van der Waals surface area contributed by atoms with E-state index in [2.05, 4.69) is 0 Å². The molecular formula is C27H24O6. The highest BCUT2D eigenvalue weighted by molar-refractivity contribution is 5.83. The van der Waals surface area contributed by atoms with Gasteiger partial charge in [-0.15, -0.1) is 0 Å². The van der Waals surface area contributed by atoms with Gasteiger partial charge in [-0.05, 0) is 53.9 Å². The van der Waals surface area contributed by atoms with E-state index >= 15 is 0 Å². The average Bonchev–Trinajstić information content (AvgIpc) is 2.87. The van der Waals surface area contributed by atoms with Crippen LogP contribution in [0.4, 0.5) is 0 Å². The van der Waals surface area contributed by atoms with Gasteiger partial charge in [0, 0.05) is 5.56 Å². The molecule has 6 nitrogen and oxygen atoms in total. The van der Waals surface area contributed by atoms with Gasteiger partial charge in [-0.1, -0.05) is 43.3 Å². The molecule has 0 atom stereocenters. The fraction of sp³-hybridized carbons (Fsp3) is 0.185. The van der Waals surface area contributed by atoms with E-state index < -0.39 is 12.6 Å². The second-order valence-corrected chi connectivity index (χ2v) is 7.44. The fourth-order valence-corrected chi connectivity index (χ4v) is 3.42. The SMILES string of the molecule is CCc1ccc2oc(-c3ccc(OC)cc3)c(OCC(=O)OCc3ccccc3)c(=O)c2c1. The molecule has 0 saturated carbocycles. The molecule has 1 aromatic heterocycles. The van der Waals surface area contributed by atoms with Gasteiger partial charge < -0.3 is 18.6 Å². The maximum absolute atomic E-state index is 13.3. The number of ether oxygens (including phenoxy) is 3. The van der Waals surface area contributed by atoms with Crippen molar-refractivity contribution >= 4 is 16.9 Å². The third kappa shape index (κ3) is 5.06. The molecule has 1 heterocycles. The van der Waals surface area contributed by atoms with Gasteiger partial charge in [0.1, 0.15) is 17.9 Å². The van der Waals surface area contributed by atoms with Crippen molar-refractivity contribution in [2.24, 2.45) is 0 Å². The molecule has 0 N–H and O–H groups in total. The molecule has 0 amide bonds. The minimum Gasteiger partial charge on any atom is -0.497 e. The van der Waals surface area contributed by atoms with E-state index in [4.69, 9.17) is 18.6 Å². The predicted molar refractivity (Wildman–Crippen MR) is 126 cm³/mol. The molecule has 6 heteroatoms. The zero-order chi connectivity index (χ0) is 23.2. The number of benzene rings is 3. The predicted octanol–water partition coefficient (Wildman–Crippen LogP) is 5.15. The van der Waals surface area contributed by atoms with Gasteiger partial charge in [-0.2, -0.15) is 0 Å². The number of esters is 1. The number of fused-ring (bicyclic) bond motifs is 1. The largest absolute Gasteiger partial charge is 0.497 e. The summed E-state index contributed by atoms with van der Waals surface area (Å²) in [6, 6.07) is 21.9. The number of carbonyl (C=O) groups excluding carboxylic acids is 1. The first-order valence-electron chi connectivity index (χ1n) is 10.7. The lowest BCUT2D eigenvalue weighted by atomic mass is 10.1. The summed E-state index contributed by atoms with van der Waals surface area (Å²) < 4.78 is 22.3. The highest BCUT2D eigenvalue weighted by Crippen LogP contribution is 2.32. The summed E-state index contributed by atoms with van der Waals surface area (Å²) in [5.74, 6) is 0.301. The normalized spacial score (nSPS) is 10.7. The van der Waals surface area contributed by atoms with Crippen LogP contribution in [0.1, 0.15) is 18.1 Å². The van der Waals surface area contributed by atoms with Gasteiger partial charge >= 0.3 is 5.97 Å². The molecule has 3 aromatic carbocycles. The molecule has 168 valence electrons. The van der Waals surface area contributed by atoms with Crippen LogP contribution in [0.15, 0.2) is 82.0 Å². The van der Waals surface area contributed by atoms with Crippen LogP contribution in [0, 0.1) is 0 Å². The minimum atomic E-state index is -0.582. The van der Waals surface area contributed by atoms with Crippen molar-refractivity contribution < 1.29 is 23.4 Å². The fourth-order valence-electron chi connectivity index (χ4n) is 3.42. The van der Waals surface area contributed by atoms with Crippen molar-refractivity contribution in [1.82, 2.24) is 0 Å². The van der Waals surface area contributed by atoms with Crippen LogP contribution in [0.25, 0.3) is 22.3 Å². The topological polar surface area (TPSA) is 75.0 Å². The monoisotopic (exact) mass is 444 g/mol. The van der Waals surface area contributed by atoms with Crippen LogP contribution in [0.2, 0.25) is 0 Å². The zero-order valence-electron chi connectivity index (χ0n) is 18.5. The van der Waals surface area contributed by atoms with Gasteiger partial charge in [-0.3, -0.25) is 4.79 Å². The highest BCUT2D eigenvalue weighted by atomic mass is 16.6. The molecule has 0 spiro atoms. The van der Waals surface area contributed by atoms with Gasteiger partial charge in [0.15, 0.2) is 12.4 Å². The van der Waals surface area contributed by atoms with Crippen LogP contribution in [0.3, 0.4) is 0 Å². The highest BCUT2D eigenvalue weighted by Gasteiger charge is 2.19. The molecule has 0 radical (unpaired) electrons. The van der Waals surface area contributed by atoms with E-state index in [0.717, 1.165) is 17.5 Å². The number of hydrogen-bond acceptors (Lipinski definition) is 6. The minimum absolute atomic E-state index is 0.0300. The van der Waals surface area contributed by atoms with Gasteiger partial charge in [-0.25, -0.2) is 4.79 Å². The third-order valence-corrected chi connectivity index (χ3v) is 5.25. The molecule has 0 saturated heterocycles. The third-order valence-electron chi connectivity index (χ3n) is 5.25. The maximum Gasteiger partial charge on any atom is 0.344 e.